The van der Waals surface area contributed by atoms with E-state index in [0.717, 1.165) is 5.69 Å². The van der Waals surface area contributed by atoms with Crippen LogP contribution < -0.4 is 5.06 Å². The van der Waals surface area contributed by atoms with Crippen molar-refractivity contribution in [3.8, 4) is 0 Å². The molecule has 0 heterocycles. The Balaban J connectivity index is 2.18. The van der Waals surface area contributed by atoms with E-state index >= 15 is 0 Å². The normalized spacial score (nSPS) is 10.3. The topological polar surface area (TPSA) is 38.8 Å². The number of ketones is 1. The van der Waals surface area contributed by atoms with Crippen molar-refractivity contribution in [2.24, 2.45) is 0 Å². The van der Waals surface area contributed by atoms with Crippen molar-refractivity contribution in [2.45, 2.75) is 0 Å². The Morgan fingerprint density at radius 3 is 2.10 bits per heavy atom. The van der Waals surface area contributed by atoms with Crippen molar-refractivity contribution in [2.75, 3.05) is 26.0 Å². The summed E-state index contributed by atoms with van der Waals surface area (Å²) in [5.74, 6) is 0.00728. The molecular formula is C16H17NO3. The molecule has 20 heavy (non-hydrogen) atoms. The number of carbonyl (C=O) groups is 1. The molecule has 0 radical (unpaired) electrons. The molecule has 0 atom stereocenters. The zero-order valence-corrected chi connectivity index (χ0v) is 11.6. The van der Waals surface area contributed by atoms with Gasteiger partial charge >= 0.3 is 0 Å². The van der Waals surface area contributed by atoms with Crippen molar-refractivity contribution in [3.05, 3.63) is 65.7 Å². The molecule has 0 bridgehead atoms. The number of hydrogen-bond donors (Lipinski definition) is 0. The lowest BCUT2D eigenvalue weighted by Gasteiger charge is -2.20. The fourth-order valence-corrected chi connectivity index (χ4v) is 1.89. The molecule has 104 valence electrons. The van der Waals surface area contributed by atoms with Crippen LogP contribution in [0.25, 0.3) is 0 Å². The molecule has 0 aliphatic heterocycles. The molecule has 0 N–H and O–H groups in total. The van der Waals surface area contributed by atoms with Crippen molar-refractivity contribution in [1.82, 2.24) is 0 Å². The summed E-state index contributed by atoms with van der Waals surface area (Å²) in [6, 6.07) is 16.4. The van der Waals surface area contributed by atoms with Gasteiger partial charge in [0.05, 0.1) is 12.8 Å². The van der Waals surface area contributed by atoms with E-state index < -0.39 is 0 Å². The third kappa shape index (κ3) is 3.23. The van der Waals surface area contributed by atoms with Gasteiger partial charge in [-0.2, -0.15) is 0 Å². The zero-order chi connectivity index (χ0) is 14.4. The second kappa shape index (κ2) is 6.84. The SMILES string of the molecule is COCN(OC)c1ccc(C(=O)c2ccccc2)cc1. The predicted octanol–water partition coefficient (Wildman–Crippen LogP) is 2.89. The van der Waals surface area contributed by atoms with Crippen LogP contribution in [0.4, 0.5) is 5.69 Å². The average molecular weight is 271 g/mol. The van der Waals surface area contributed by atoms with Gasteiger partial charge in [0, 0.05) is 18.2 Å². The van der Waals surface area contributed by atoms with Crippen LogP contribution in [0.1, 0.15) is 15.9 Å². The first-order chi connectivity index (χ1) is 9.76. The lowest BCUT2D eigenvalue weighted by molar-refractivity contribution is 0.0740. The number of ether oxygens (including phenoxy) is 1. The maximum Gasteiger partial charge on any atom is 0.193 e. The molecule has 0 saturated carbocycles. The molecule has 4 nitrogen and oxygen atoms in total. The first kappa shape index (κ1) is 14.2. The third-order valence-corrected chi connectivity index (χ3v) is 2.92. The van der Waals surface area contributed by atoms with E-state index in [1.807, 2.05) is 42.5 Å². The first-order valence-electron chi connectivity index (χ1n) is 6.26. The van der Waals surface area contributed by atoms with Gasteiger partial charge in [0.2, 0.25) is 0 Å². The van der Waals surface area contributed by atoms with E-state index in [2.05, 4.69) is 0 Å². The first-order valence-corrected chi connectivity index (χ1v) is 6.26. The lowest BCUT2D eigenvalue weighted by Crippen LogP contribution is -2.23. The van der Waals surface area contributed by atoms with E-state index in [9.17, 15) is 4.79 Å². The molecular weight excluding hydrogens is 254 g/mol. The van der Waals surface area contributed by atoms with E-state index in [0.29, 0.717) is 17.9 Å². The molecule has 4 heteroatoms. The summed E-state index contributed by atoms with van der Waals surface area (Å²) < 4.78 is 5.03. The second-order valence-electron chi connectivity index (χ2n) is 4.22. The van der Waals surface area contributed by atoms with Gasteiger partial charge in [-0.25, -0.2) is 5.06 Å². The van der Waals surface area contributed by atoms with Crippen LogP contribution in [0.3, 0.4) is 0 Å². The van der Waals surface area contributed by atoms with E-state index in [-0.39, 0.29) is 5.78 Å². The van der Waals surface area contributed by atoms with Gasteiger partial charge in [0.1, 0.15) is 6.73 Å². The number of rotatable bonds is 6. The summed E-state index contributed by atoms with van der Waals surface area (Å²) in [5, 5.41) is 1.59. The molecule has 0 aliphatic carbocycles. The van der Waals surface area contributed by atoms with Crippen LogP contribution >= 0.6 is 0 Å². The molecule has 0 amide bonds. The number of anilines is 1. The molecule has 0 fully saturated rings. The summed E-state index contributed by atoms with van der Waals surface area (Å²) in [4.78, 5) is 17.4. The number of hydrogen-bond acceptors (Lipinski definition) is 4. The maximum absolute atomic E-state index is 12.3. The second-order valence-corrected chi connectivity index (χ2v) is 4.22. The van der Waals surface area contributed by atoms with Gasteiger partial charge in [-0.3, -0.25) is 9.63 Å². The van der Waals surface area contributed by atoms with Crippen molar-refractivity contribution < 1.29 is 14.4 Å². The number of carbonyl (C=O) groups excluding carboxylic acids is 1. The van der Waals surface area contributed by atoms with Crippen LogP contribution in [-0.4, -0.2) is 26.7 Å². The van der Waals surface area contributed by atoms with Gasteiger partial charge in [-0.1, -0.05) is 30.3 Å². The van der Waals surface area contributed by atoms with Crippen LogP contribution in [0, 0.1) is 0 Å². The predicted molar refractivity (Wildman–Crippen MR) is 77.7 cm³/mol. The number of benzene rings is 2. The van der Waals surface area contributed by atoms with Crippen LogP contribution in [0.15, 0.2) is 54.6 Å². The van der Waals surface area contributed by atoms with Gasteiger partial charge in [0.25, 0.3) is 0 Å². The Bertz CT molecular complexity index is 552. The highest BCUT2D eigenvalue weighted by molar-refractivity contribution is 6.09. The van der Waals surface area contributed by atoms with Gasteiger partial charge in [0.15, 0.2) is 5.78 Å². The van der Waals surface area contributed by atoms with Gasteiger partial charge in [-0.05, 0) is 24.3 Å². The van der Waals surface area contributed by atoms with Crippen LogP contribution in [0.2, 0.25) is 0 Å². The third-order valence-electron chi connectivity index (χ3n) is 2.92. The molecule has 2 aromatic carbocycles. The highest BCUT2D eigenvalue weighted by Gasteiger charge is 2.10. The Labute approximate surface area is 118 Å². The zero-order valence-electron chi connectivity index (χ0n) is 11.6. The fourth-order valence-electron chi connectivity index (χ4n) is 1.89. The Kier molecular flexibility index (Phi) is 4.87. The fraction of sp³-hybridized carbons (Fsp3) is 0.188. The number of hydroxylamine groups is 1. The highest BCUT2D eigenvalue weighted by atomic mass is 16.7. The standard InChI is InChI=1S/C16H17NO3/c1-19-12-17(20-2)15-10-8-14(9-11-15)16(18)13-6-4-3-5-7-13/h3-11H,12H2,1-2H3. The summed E-state index contributed by atoms with van der Waals surface area (Å²) in [7, 11) is 3.17. The maximum atomic E-state index is 12.3. The van der Waals surface area contributed by atoms with Gasteiger partial charge in [-0.15, -0.1) is 0 Å². The Hall–Kier alpha value is -2.17. The summed E-state index contributed by atoms with van der Waals surface area (Å²) >= 11 is 0. The summed E-state index contributed by atoms with van der Waals surface area (Å²) in [5.41, 5.74) is 2.16. The van der Waals surface area contributed by atoms with Crippen molar-refractivity contribution in [3.63, 3.8) is 0 Å². The summed E-state index contributed by atoms with van der Waals surface area (Å²) in [6.45, 7) is 0.322. The molecule has 0 unspecified atom stereocenters. The van der Waals surface area contributed by atoms with Crippen molar-refractivity contribution >= 4 is 11.5 Å². The number of nitrogens with zero attached hydrogens (tertiary/aromatic N) is 1. The van der Waals surface area contributed by atoms with E-state index in [1.165, 1.54) is 0 Å². The minimum atomic E-state index is 0.00728. The van der Waals surface area contributed by atoms with E-state index in [1.54, 1.807) is 31.4 Å². The smallest absolute Gasteiger partial charge is 0.193 e. The van der Waals surface area contributed by atoms with Crippen LogP contribution in [-0.2, 0) is 9.57 Å². The van der Waals surface area contributed by atoms with E-state index in [4.69, 9.17) is 9.57 Å². The van der Waals surface area contributed by atoms with Crippen LogP contribution in [0.5, 0.6) is 0 Å². The molecule has 0 aliphatic rings. The summed E-state index contributed by atoms with van der Waals surface area (Å²) in [6.07, 6.45) is 0. The Morgan fingerprint density at radius 1 is 0.950 bits per heavy atom. The monoisotopic (exact) mass is 271 g/mol. The lowest BCUT2D eigenvalue weighted by atomic mass is 10.0. The van der Waals surface area contributed by atoms with Gasteiger partial charge < -0.3 is 4.74 Å². The average Bonchev–Trinajstić information content (AvgIpc) is 2.53. The minimum absolute atomic E-state index is 0.00728. The quantitative estimate of drug-likeness (QED) is 0.460. The Morgan fingerprint density at radius 2 is 1.55 bits per heavy atom. The minimum Gasteiger partial charge on any atom is -0.362 e. The highest BCUT2D eigenvalue weighted by Crippen LogP contribution is 2.17. The molecule has 2 aromatic rings. The largest absolute Gasteiger partial charge is 0.362 e. The molecule has 2 rings (SSSR count). The molecule has 0 spiro atoms. The number of methoxy groups -OCH3 is 1. The molecule has 0 aromatic heterocycles. The van der Waals surface area contributed by atoms with Crippen molar-refractivity contribution in [1.29, 1.82) is 0 Å². The molecule has 0 saturated heterocycles.